The Morgan fingerprint density at radius 2 is 1.78 bits per heavy atom. The maximum Gasteiger partial charge on any atom is 0.323 e. The monoisotopic (exact) mass is 259 g/mol. The van der Waals surface area contributed by atoms with Gasteiger partial charge in [-0.1, -0.05) is 0 Å². The predicted molar refractivity (Wildman–Crippen MR) is 58.5 cm³/mol. The molecule has 7 heteroatoms. The molecule has 0 aliphatic carbocycles. The van der Waals surface area contributed by atoms with E-state index in [1.165, 1.54) is 6.07 Å². The Balaban J connectivity index is 2.89. The van der Waals surface area contributed by atoms with Crippen LogP contribution < -0.4 is 4.90 Å². The summed E-state index contributed by atoms with van der Waals surface area (Å²) in [6.45, 7) is -0.592. The Hall–Kier alpha value is -2.18. The zero-order chi connectivity index (χ0) is 13.7. The molecule has 0 atom stereocenters. The van der Waals surface area contributed by atoms with Crippen molar-refractivity contribution in [3.8, 4) is 0 Å². The molecule has 0 saturated carbocycles. The molecule has 1 aromatic rings. The fraction of sp³-hybridized carbons (Fsp3) is 0.273. The molecule has 98 valence electrons. The highest BCUT2D eigenvalue weighted by Crippen LogP contribution is 2.18. The van der Waals surface area contributed by atoms with Crippen molar-refractivity contribution in [2.75, 3.05) is 18.0 Å². The fourth-order valence-electron chi connectivity index (χ4n) is 1.38. The van der Waals surface area contributed by atoms with Crippen molar-refractivity contribution < 1.29 is 28.6 Å². The van der Waals surface area contributed by atoms with Crippen molar-refractivity contribution >= 4 is 17.6 Å². The molecule has 0 heterocycles. The Bertz CT molecular complexity index is 464. The van der Waals surface area contributed by atoms with E-state index in [0.717, 1.165) is 17.0 Å². The van der Waals surface area contributed by atoms with E-state index < -0.39 is 30.1 Å². The standard InChI is InChI=1S/C11H11F2NO4/c12-8-2-1-7(5-9(8)13)14(6-11(17)18)4-3-10(15)16/h1-2,5H,3-4,6H2,(H,15,16)(H,17,18). The molecule has 0 unspecified atom stereocenters. The largest absolute Gasteiger partial charge is 0.481 e. The van der Waals surface area contributed by atoms with Gasteiger partial charge in [0.15, 0.2) is 11.6 Å². The van der Waals surface area contributed by atoms with Gasteiger partial charge < -0.3 is 15.1 Å². The van der Waals surface area contributed by atoms with Crippen LogP contribution in [0.3, 0.4) is 0 Å². The van der Waals surface area contributed by atoms with Crippen molar-refractivity contribution in [3.63, 3.8) is 0 Å². The first-order chi connectivity index (χ1) is 8.40. The first kappa shape index (κ1) is 13.9. The van der Waals surface area contributed by atoms with Gasteiger partial charge in [0.05, 0.1) is 6.42 Å². The summed E-state index contributed by atoms with van der Waals surface area (Å²) in [7, 11) is 0. The van der Waals surface area contributed by atoms with Crippen LogP contribution in [-0.4, -0.2) is 35.2 Å². The molecule has 1 rings (SSSR count). The van der Waals surface area contributed by atoms with Crippen LogP contribution in [0.4, 0.5) is 14.5 Å². The lowest BCUT2D eigenvalue weighted by molar-refractivity contribution is -0.138. The third kappa shape index (κ3) is 4.00. The minimum absolute atomic E-state index is 0.104. The predicted octanol–water partition coefficient (Wildman–Crippen LogP) is 1.33. The topological polar surface area (TPSA) is 77.8 Å². The van der Waals surface area contributed by atoms with Crippen LogP contribution in [-0.2, 0) is 9.59 Å². The Morgan fingerprint density at radius 1 is 1.11 bits per heavy atom. The quantitative estimate of drug-likeness (QED) is 0.805. The molecule has 18 heavy (non-hydrogen) atoms. The number of aliphatic carboxylic acids is 2. The molecule has 0 aliphatic rings. The van der Waals surface area contributed by atoms with Gasteiger partial charge in [-0.25, -0.2) is 8.78 Å². The maximum absolute atomic E-state index is 13.0. The zero-order valence-electron chi connectivity index (χ0n) is 9.27. The van der Waals surface area contributed by atoms with Crippen molar-refractivity contribution in [3.05, 3.63) is 29.8 Å². The summed E-state index contributed by atoms with van der Waals surface area (Å²) in [6, 6.07) is 2.89. The van der Waals surface area contributed by atoms with E-state index in [1.807, 2.05) is 0 Å². The Kier molecular flexibility index (Phi) is 4.59. The number of hydrogen-bond donors (Lipinski definition) is 2. The number of carboxylic acids is 2. The van der Waals surface area contributed by atoms with Gasteiger partial charge in [-0.2, -0.15) is 0 Å². The van der Waals surface area contributed by atoms with E-state index in [1.54, 1.807) is 0 Å². The molecule has 1 aromatic carbocycles. The summed E-state index contributed by atoms with van der Waals surface area (Å²) in [5, 5.41) is 17.2. The van der Waals surface area contributed by atoms with Crippen LogP contribution in [0.15, 0.2) is 18.2 Å². The van der Waals surface area contributed by atoms with Gasteiger partial charge in [0.25, 0.3) is 0 Å². The molecule has 0 fully saturated rings. The van der Waals surface area contributed by atoms with Crippen molar-refractivity contribution in [1.29, 1.82) is 0 Å². The van der Waals surface area contributed by atoms with Crippen molar-refractivity contribution in [1.82, 2.24) is 0 Å². The number of halogens is 2. The number of benzene rings is 1. The molecular formula is C11H11F2NO4. The lowest BCUT2D eigenvalue weighted by Gasteiger charge is -2.22. The molecule has 0 amide bonds. The normalized spacial score (nSPS) is 10.1. The molecule has 0 spiro atoms. The molecule has 0 aromatic heterocycles. The minimum Gasteiger partial charge on any atom is -0.481 e. The minimum atomic E-state index is -1.19. The van der Waals surface area contributed by atoms with E-state index in [9.17, 15) is 18.4 Å². The highest BCUT2D eigenvalue weighted by molar-refractivity contribution is 5.74. The molecule has 0 aliphatic heterocycles. The number of carboxylic acid groups (broad SMARTS) is 2. The van der Waals surface area contributed by atoms with Gasteiger partial charge in [0.1, 0.15) is 6.54 Å². The van der Waals surface area contributed by atoms with E-state index in [4.69, 9.17) is 10.2 Å². The first-order valence-electron chi connectivity index (χ1n) is 5.03. The van der Waals surface area contributed by atoms with Gasteiger partial charge in [-0.3, -0.25) is 9.59 Å². The number of rotatable bonds is 6. The molecule has 2 N–H and O–H groups in total. The summed E-state index contributed by atoms with van der Waals surface area (Å²) < 4.78 is 25.7. The second-order valence-electron chi connectivity index (χ2n) is 3.56. The Morgan fingerprint density at radius 3 is 2.28 bits per heavy atom. The number of nitrogens with zero attached hydrogens (tertiary/aromatic N) is 1. The third-order valence-electron chi connectivity index (χ3n) is 2.19. The van der Waals surface area contributed by atoms with Crippen LogP contribution in [0.1, 0.15) is 6.42 Å². The molecule has 0 bridgehead atoms. The first-order valence-corrected chi connectivity index (χ1v) is 5.03. The zero-order valence-corrected chi connectivity index (χ0v) is 9.27. The van der Waals surface area contributed by atoms with Crippen LogP contribution >= 0.6 is 0 Å². The lowest BCUT2D eigenvalue weighted by atomic mass is 10.2. The summed E-state index contributed by atoms with van der Waals surface area (Å²) in [5.41, 5.74) is 0.123. The average molecular weight is 259 g/mol. The molecule has 5 nitrogen and oxygen atoms in total. The van der Waals surface area contributed by atoms with Gasteiger partial charge in [0.2, 0.25) is 0 Å². The molecular weight excluding hydrogens is 248 g/mol. The summed E-state index contributed by atoms with van der Waals surface area (Å²) in [4.78, 5) is 22.2. The van der Waals surface area contributed by atoms with E-state index in [2.05, 4.69) is 0 Å². The highest BCUT2D eigenvalue weighted by atomic mass is 19.2. The van der Waals surface area contributed by atoms with Crippen LogP contribution in [0.5, 0.6) is 0 Å². The number of anilines is 1. The maximum atomic E-state index is 13.0. The summed E-state index contributed by atoms with van der Waals surface area (Å²) >= 11 is 0. The highest BCUT2D eigenvalue weighted by Gasteiger charge is 2.14. The smallest absolute Gasteiger partial charge is 0.323 e. The van der Waals surface area contributed by atoms with Crippen molar-refractivity contribution in [2.45, 2.75) is 6.42 Å². The molecule has 0 radical (unpaired) electrons. The van der Waals surface area contributed by atoms with E-state index >= 15 is 0 Å². The summed E-state index contributed by atoms with van der Waals surface area (Å²) in [5.74, 6) is -4.46. The Labute approximate surface area is 101 Å². The van der Waals surface area contributed by atoms with Gasteiger partial charge in [-0.05, 0) is 12.1 Å². The summed E-state index contributed by atoms with van der Waals surface area (Å²) in [6.07, 6.45) is -0.299. The average Bonchev–Trinajstić information content (AvgIpc) is 2.27. The second kappa shape index (κ2) is 5.95. The molecule has 0 saturated heterocycles. The van der Waals surface area contributed by atoms with Gasteiger partial charge in [0, 0.05) is 18.3 Å². The fourth-order valence-corrected chi connectivity index (χ4v) is 1.38. The second-order valence-corrected chi connectivity index (χ2v) is 3.56. The number of carbonyl (C=O) groups is 2. The van der Waals surface area contributed by atoms with E-state index in [0.29, 0.717) is 0 Å². The van der Waals surface area contributed by atoms with Gasteiger partial charge >= 0.3 is 11.9 Å². The third-order valence-corrected chi connectivity index (χ3v) is 2.19. The SMILES string of the molecule is O=C(O)CCN(CC(=O)O)c1ccc(F)c(F)c1. The van der Waals surface area contributed by atoms with Gasteiger partial charge in [-0.15, -0.1) is 0 Å². The van der Waals surface area contributed by atoms with E-state index in [-0.39, 0.29) is 18.7 Å². The van der Waals surface area contributed by atoms with Crippen LogP contribution in [0.25, 0.3) is 0 Å². The lowest BCUT2D eigenvalue weighted by Crippen LogP contribution is -2.31. The number of hydrogen-bond acceptors (Lipinski definition) is 3. The van der Waals surface area contributed by atoms with Crippen LogP contribution in [0.2, 0.25) is 0 Å². The van der Waals surface area contributed by atoms with Crippen molar-refractivity contribution in [2.24, 2.45) is 0 Å². The van der Waals surface area contributed by atoms with Crippen LogP contribution in [0, 0.1) is 11.6 Å².